The van der Waals surface area contributed by atoms with Gasteiger partial charge in [-0.1, -0.05) is 0 Å². The largest absolute Gasteiger partial charge is 0.125 e. The van der Waals surface area contributed by atoms with E-state index in [0.29, 0.717) is 11.8 Å². The highest BCUT2D eigenvalue weighted by molar-refractivity contribution is 7.52. The molecular weight excluding hydrogens is 161 g/mol. The zero-order valence-corrected chi connectivity index (χ0v) is 6.55. The molecule has 0 saturated heterocycles. The molecule has 1 atom stereocenters. The molecule has 0 spiro atoms. The third-order valence-electron chi connectivity index (χ3n) is 0.0714. The van der Waals surface area contributed by atoms with Gasteiger partial charge in [0.2, 0.25) is 0 Å². The summed E-state index contributed by atoms with van der Waals surface area (Å²) in [5.74, 6) is 1.11. The molecule has 0 amide bonds. The average Bonchev–Trinajstić information content (AvgIpc) is 1.72. The van der Waals surface area contributed by atoms with Crippen LogP contribution in [0.4, 0.5) is 0 Å². The van der Waals surface area contributed by atoms with E-state index in [9.17, 15) is 0 Å². The molecule has 0 fully saturated rings. The lowest BCUT2D eigenvalue weighted by atomic mass is 11.0. The monoisotopic (exact) mass is 166 g/mol. The summed E-state index contributed by atoms with van der Waals surface area (Å²) in [5, 5.41) is 0. The summed E-state index contributed by atoms with van der Waals surface area (Å²) in [4.78, 5) is 0. The van der Waals surface area contributed by atoms with Crippen molar-refractivity contribution in [2.45, 2.75) is 0 Å². The van der Waals surface area contributed by atoms with Crippen LogP contribution in [0.3, 0.4) is 0 Å². The molecule has 0 rings (SSSR count). The Morgan fingerprint density at radius 1 is 1.00 bits per heavy atom. The molecule has 0 aliphatic rings. The summed E-state index contributed by atoms with van der Waals surface area (Å²) in [7, 11) is 1.89. The van der Waals surface area contributed by atoms with Crippen LogP contribution in [0.15, 0.2) is 0 Å². The van der Waals surface area contributed by atoms with E-state index in [1.54, 1.807) is 0 Å². The Kier molecular flexibility index (Phi) is 27.9. The first-order valence-corrected chi connectivity index (χ1v) is 4.07. The molecule has 1 unspecified atom stereocenters. The molecule has 0 aliphatic heterocycles. The van der Waals surface area contributed by atoms with Crippen LogP contribution >= 0.6 is 43.0 Å². The normalized spacial score (nSPS) is 6.00. The van der Waals surface area contributed by atoms with E-state index < -0.39 is 0 Å². The van der Waals surface area contributed by atoms with E-state index >= 15 is 0 Å². The van der Waals surface area contributed by atoms with Crippen molar-refractivity contribution in [3.63, 3.8) is 0 Å². The minimum absolute atomic E-state index is 0.557. The number of hydrogen-bond donors (Lipinski definition) is 0. The topological polar surface area (TPSA) is 0 Å². The van der Waals surface area contributed by atoms with Crippen molar-refractivity contribution < 1.29 is 0 Å². The second-order valence-corrected chi connectivity index (χ2v) is 1.13. The van der Waals surface area contributed by atoms with Crippen molar-refractivity contribution >= 4 is 43.0 Å². The van der Waals surface area contributed by atoms with E-state index in [2.05, 4.69) is 11.2 Å². The van der Waals surface area contributed by atoms with Gasteiger partial charge in [-0.3, -0.25) is 0 Å². The number of alkyl halides is 2. The molecule has 0 saturated carbocycles. The lowest BCUT2D eigenvalue weighted by Gasteiger charge is -1.63. The lowest BCUT2D eigenvalue weighted by Crippen LogP contribution is -1.63. The highest BCUT2D eigenvalue weighted by Crippen LogP contribution is 1.78. The van der Waals surface area contributed by atoms with Gasteiger partial charge in [-0.2, -0.15) is 0 Å². The van der Waals surface area contributed by atoms with E-state index in [4.69, 9.17) is 23.2 Å². The third kappa shape index (κ3) is 18.5. The summed E-state index contributed by atoms with van der Waals surface area (Å²) in [6.45, 7) is 0. The lowest BCUT2D eigenvalue weighted by molar-refractivity contribution is 1.52. The van der Waals surface area contributed by atoms with E-state index in [1.165, 1.54) is 0 Å². The Bertz CT molecular complexity index is 10.8. The summed E-state index contributed by atoms with van der Waals surface area (Å²) in [5.41, 5.74) is 0. The first kappa shape index (κ1) is 10.3. The number of halogens is 3. The Hall–Kier alpha value is 1.30. The molecule has 6 heavy (non-hydrogen) atoms. The minimum Gasteiger partial charge on any atom is -0.125 e. The summed E-state index contributed by atoms with van der Waals surface area (Å²) >= 11 is 14.7. The van der Waals surface area contributed by atoms with Crippen molar-refractivity contribution in [3.8, 4) is 0 Å². The molecule has 40 valence electrons. The highest BCUT2D eigenvalue weighted by Gasteiger charge is 1.61. The highest BCUT2D eigenvalue weighted by atomic mass is 35.7. The maximum Gasteiger partial charge on any atom is 0.0359 e. The molecule has 0 radical (unpaired) electrons. The van der Waals surface area contributed by atoms with Gasteiger partial charge < -0.3 is 0 Å². The number of hydrogen-bond acceptors (Lipinski definition) is 0. The molecule has 0 N–H and O–H groups in total. The minimum atomic E-state index is 0.557. The van der Waals surface area contributed by atoms with E-state index in [-0.39, 0.29) is 0 Å². The van der Waals surface area contributed by atoms with Crippen LogP contribution in [-0.2, 0) is 0 Å². The van der Waals surface area contributed by atoms with Gasteiger partial charge in [0.25, 0.3) is 0 Å². The van der Waals surface area contributed by atoms with Gasteiger partial charge in [-0.15, -0.1) is 34.4 Å². The van der Waals surface area contributed by atoms with E-state index in [0.717, 1.165) is 0 Å². The second kappa shape index (κ2) is 16.3. The predicted octanol–water partition coefficient (Wildman–Crippen LogP) is 2.48. The fourth-order valence-electron chi connectivity index (χ4n) is 0. The fraction of sp³-hybridized carbons (Fsp3) is 1.00. The average molecular weight is 167 g/mol. The van der Waals surface area contributed by atoms with Gasteiger partial charge in [0.15, 0.2) is 0 Å². The van der Waals surface area contributed by atoms with Crippen LogP contribution in [0.5, 0.6) is 0 Å². The Morgan fingerprint density at radius 2 is 1.17 bits per heavy atom. The fourth-order valence-corrected chi connectivity index (χ4v) is 0. The third-order valence-corrected chi connectivity index (χ3v) is 0.643. The SMILES string of the molecule is ClCCCl.PCl. The zero-order chi connectivity index (χ0) is 5.41. The van der Waals surface area contributed by atoms with Gasteiger partial charge in [0, 0.05) is 11.8 Å². The molecule has 0 aromatic heterocycles. The molecule has 4 heteroatoms. The predicted molar refractivity (Wildman–Crippen MR) is 37.0 cm³/mol. The molecule has 0 aromatic carbocycles. The van der Waals surface area contributed by atoms with Crippen molar-refractivity contribution in [1.29, 1.82) is 0 Å². The summed E-state index contributed by atoms with van der Waals surface area (Å²) in [6, 6.07) is 0. The van der Waals surface area contributed by atoms with Crippen molar-refractivity contribution in [2.75, 3.05) is 11.8 Å². The molecule has 0 heterocycles. The maximum atomic E-state index is 5.05. The van der Waals surface area contributed by atoms with Crippen LogP contribution < -0.4 is 0 Å². The van der Waals surface area contributed by atoms with Gasteiger partial charge in [0.05, 0.1) is 0 Å². The van der Waals surface area contributed by atoms with Gasteiger partial charge in [0.1, 0.15) is 0 Å². The Labute approximate surface area is 55.1 Å². The molecule has 0 aliphatic carbocycles. The van der Waals surface area contributed by atoms with Crippen LogP contribution in [0.1, 0.15) is 0 Å². The molecule has 0 nitrogen and oxygen atoms in total. The summed E-state index contributed by atoms with van der Waals surface area (Å²) < 4.78 is 0. The van der Waals surface area contributed by atoms with Crippen LogP contribution in [0.2, 0.25) is 0 Å². The van der Waals surface area contributed by atoms with Crippen LogP contribution in [-0.4, -0.2) is 11.8 Å². The first-order chi connectivity index (χ1) is 2.91. The molecule has 0 aromatic rings. The molecule has 0 bridgehead atoms. The van der Waals surface area contributed by atoms with Crippen LogP contribution in [0.25, 0.3) is 0 Å². The van der Waals surface area contributed by atoms with Crippen molar-refractivity contribution in [1.82, 2.24) is 0 Å². The standard InChI is InChI=1S/C2H4Cl2.ClH2P/c3-1-2-4;1-2/h1-2H2;2H2. The van der Waals surface area contributed by atoms with Crippen molar-refractivity contribution in [2.24, 2.45) is 0 Å². The maximum absolute atomic E-state index is 5.05. The van der Waals surface area contributed by atoms with E-state index in [1.807, 2.05) is 8.59 Å². The Morgan fingerprint density at radius 3 is 1.17 bits per heavy atom. The first-order valence-electron chi connectivity index (χ1n) is 1.25. The van der Waals surface area contributed by atoms with Crippen LogP contribution in [0, 0.1) is 0 Å². The van der Waals surface area contributed by atoms with Gasteiger partial charge >= 0.3 is 0 Å². The van der Waals surface area contributed by atoms with Gasteiger partial charge in [-0.05, 0) is 8.59 Å². The quantitative estimate of drug-likeness (QED) is 0.416. The number of rotatable bonds is 1. The second-order valence-electron chi connectivity index (χ2n) is 0.378. The Balaban J connectivity index is 0. The van der Waals surface area contributed by atoms with Crippen molar-refractivity contribution in [3.05, 3.63) is 0 Å². The molecular formula is C2H6Cl3P. The van der Waals surface area contributed by atoms with Gasteiger partial charge in [-0.25, -0.2) is 0 Å². The zero-order valence-electron chi connectivity index (χ0n) is 3.13. The smallest absolute Gasteiger partial charge is 0.0359 e. The summed E-state index contributed by atoms with van der Waals surface area (Å²) in [6.07, 6.45) is 0.